The Morgan fingerprint density at radius 2 is 1.69 bits per heavy atom. The molecule has 8 heteroatoms. The van der Waals surface area contributed by atoms with E-state index < -0.39 is 17.6 Å². The number of nitrogens with one attached hydrogen (secondary N) is 1. The van der Waals surface area contributed by atoms with Crippen LogP contribution >= 0.6 is 0 Å². The minimum Gasteiger partial charge on any atom is -0.444 e. The number of hydrogen-bond acceptors (Lipinski definition) is 5. The minimum atomic E-state index is -0.642. The molecule has 42 heavy (non-hydrogen) atoms. The number of ether oxygens (including phenoxy) is 2. The van der Waals surface area contributed by atoms with Crippen LogP contribution in [0.15, 0.2) is 66.7 Å². The molecule has 7 nitrogen and oxygen atoms in total. The van der Waals surface area contributed by atoms with Crippen LogP contribution in [0.2, 0.25) is 0 Å². The summed E-state index contributed by atoms with van der Waals surface area (Å²) in [5.41, 5.74) is 3.85. The van der Waals surface area contributed by atoms with Crippen LogP contribution in [-0.2, 0) is 20.9 Å². The van der Waals surface area contributed by atoms with Crippen molar-refractivity contribution in [3.63, 3.8) is 0 Å². The molecule has 0 radical (unpaired) electrons. The molecule has 3 aromatic rings. The molecule has 1 fully saturated rings. The molecule has 0 saturated heterocycles. The van der Waals surface area contributed by atoms with Crippen LogP contribution < -0.4 is 10.2 Å². The van der Waals surface area contributed by atoms with Crippen LogP contribution in [0.25, 0.3) is 11.1 Å². The normalized spacial score (nSPS) is 17.7. The summed E-state index contributed by atoms with van der Waals surface area (Å²) in [6.45, 7) is 10.4. The van der Waals surface area contributed by atoms with Crippen LogP contribution in [0, 0.1) is 17.8 Å². The molecule has 2 amide bonds. The summed E-state index contributed by atoms with van der Waals surface area (Å²) in [7, 11) is 1.67. The summed E-state index contributed by atoms with van der Waals surface area (Å²) in [4.78, 5) is 32.6. The molecular weight excluding hydrogens is 533 g/mol. The summed E-state index contributed by atoms with van der Waals surface area (Å²) in [6, 6.07) is 20.4. The van der Waals surface area contributed by atoms with Crippen molar-refractivity contribution >= 4 is 17.7 Å². The van der Waals surface area contributed by atoms with Crippen LogP contribution in [0.5, 0.6) is 0 Å². The quantitative estimate of drug-likeness (QED) is 0.247. The maximum atomic E-state index is 14.0. The second-order valence-electron chi connectivity index (χ2n) is 12.1. The van der Waals surface area contributed by atoms with Gasteiger partial charge >= 0.3 is 6.09 Å². The van der Waals surface area contributed by atoms with Crippen molar-refractivity contribution in [1.82, 2.24) is 10.3 Å². The maximum absolute atomic E-state index is 14.0. The summed E-state index contributed by atoms with van der Waals surface area (Å²) in [5.74, 6) is -0.987. The van der Waals surface area contributed by atoms with E-state index in [0.717, 1.165) is 28.8 Å². The molecule has 2 unspecified atom stereocenters. The second-order valence-corrected chi connectivity index (χ2v) is 12.1. The first kappa shape index (κ1) is 31.2. The highest BCUT2D eigenvalue weighted by Gasteiger charge is 2.47. The van der Waals surface area contributed by atoms with E-state index in [2.05, 4.69) is 36.3 Å². The number of carbonyl (C=O) groups is 2. The largest absolute Gasteiger partial charge is 0.444 e. The van der Waals surface area contributed by atoms with Gasteiger partial charge in [0.1, 0.15) is 5.60 Å². The number of amides is 2. The zero-order chi connectivity index (χ0) is 30.4. The van der Waals surface area contributed by atoms with E-state index >= 15 is 0 Å². The zero-order valence-electron chi connectivity index (χ0n) is 25.4. The molecule has 4 rings (SSSR count). The van der Waals surface area contributed by atoms with Crippen LogP contribution in [0.4, 0.5) is 14.9 Å². The van der Waals surface area contributed by atoms with E-state index in [4.69, 9.17) is 9.47 Å². The van der Waals surface area contributed by atoms with Crippen molar-refractivity contribution in [3.8, 4) is 11.1 Å². The molecule has 0 bridgehead atoms. The summed E-state index contributed by atoms with van der Waals surface area (Å²) < 4.78 is 24.6. The van der Waals surface area contributed by atoms with Crippen molar-refractivity contribution in [2.75, 3.05) is 18.6 Å². The number of rotatable bonds is 11. The lowest BCUT2D eigenvalue weighted by atomic mass is 9.97. The Kier molecular flexibility index (Phi) is 9.99. The Bertz CT molecular complexity index is 1350. The minimum absolute atomic E-state index is 0.0676. The highest BCUT2D eigenvalue weighted by Crippen LogP contribution is 2.48. The lowest BCUT2D eigenvalue weighted by molar-refractivity contribution is -0.120. The third-order valence-corrected chi connectivity index (χ3v) is 7.68. The van der Waals surface area contributed by atoms with Gasteiger partial charge in [-0.2, -0.15) is 4.39 Å². The standard InChI is InChI=1S/C34H42FN3O4/c1-7-22(2)30(37-33(40)42-34(3,4)5)20-38(32(39)28-19-27(28)29-9-8-10-31(35)36-29)26-17-15-25(16-18-26)24-13-11-23(12-14-24)21-41-6/h8-18,22,27-28,30H,7,19-21H2,1-6H3,(H,37,40)/t22-,27?,28?,30+/m0/s1. The molecule has 0 aliphatic heterocycles. The van der Waals surface area contributed by atoms with Gasteiger partial charge in [0.15, 0.2) is 0 Å². The predicted molar refractivity (Wildman–Crippen MR) is 163 cm³/mol. The van der Waals surface area contributed by atoms with Crippen molar-refractivity contribution < 1.29 is 23.5 Å². The predicted octanol–water partition coefficient (Wildman–Crippen LogP) is 7.11. The Balaban J connectivity index is 1.60. The monoisotopic (exact) mass is 575 g/mol. The van der Waals surface area contributed by atoms with Gasteiger partial charge in [0.25, 0.3) is 0 Å². The Morgan fingerprint density at radius 1 is 1.05 bits per heavy atom. The van der Waals surface area contributed by atoms with Crippen LogP contribution in [0.1, 0.15) is 64.6 Å². The van der Waals surface area contributed by atoms with E-state index in [1.807, 2.05) is 57.2 Å². The molecule has 0 spiro atoms. The molecule has 1 N–H and O–H groups in total. The molecular formula is C34H42FN3O4. The Labute approximate surface area is 248 Å². The van der Waals surface area contributed by atoms with Crippen molar-refractivity contribution in [3.05, 3.63) is 83.9 Å². The third kappa shape index (κ3) is 8.16. The van der Waals surface area contributed by atoms with Gasteiger partial charge in [0, 0.05) is 36.9 Å². The van der Waals surface area contributed by atoms with E-state index in [1.54, 1.807) is 24.1 Å². The molecule has 1 aromatic heterocycles. The Morgan fingerprint density at radius 3 is 2.26 bits per heavy atom. The maximum Gasteiger partial charge on any atom is 0.407 e. The third-order valence-electron chi connectivity index (χ3n) is 7.68. The molecule has 1 heterocycles. The first-order valence-electron chi connectivity index (χ1n) is 14.6. The van der Waals surface area contributed by atoms with Gasteiger partial charge in [0.2, 0.25) is 11.9 Å². The lowest BCUT2D eigenvalue weighted by Crippen LogP contribution is -2.50. The van der Waals surface area contributed by atoms with Gasteiger partial charge in [0.05, 0.1) is 12.6 Å². The SMILES string of the molecule is CC[C@H](C)[C@@H](CN(C(=O)C1CC1c1cccc(F)n1)c1ccc(-c2ccc(COC)cc2)cc1)NC(=O)OC(C)(C)C. The van der Waals surface area contributed by atoms with E-state index in [0.29, 0.717) is 18.7 Å². The number of nitrogens with zero attached hydrogens (tertiary/aromatic N) is 2. The van der Waals surface area contributed by atoms with Crippen molar-refractivity contribution in [1.29, 1.82) is 0 Å². The average molecular weight is 576 g/mol. The fourth-order valence-electron chi connectivity index (χ4n) is 5.05. The van der Waals surface area contributed by atoms with Gasteiger partial charge in [-0.1, -0.05) is 62.7 Å². The van der Waals surface area contributed by atoms with E-state index in [-0.39, 0.29) is 36.2 Å². The highest BCUT2D eigenvalue weighted by molar-refractivity contribution is 5.97. The fraction of sp³-hybridized carbons (Fsp3) is 0.441. The topological polar surface area (TPSA) is 80.8 Å². The van der Waals surface area contributed by atoms with Crippen LogP contribution in [0.3, 0.4) is 0 Å². The van der Waals surface area contributed by atoms with Gasteiger partial charge in [-0.15, -0.1) is 0 Å². The highest BCUT2D eigenvalue weighted by atomic mass is 19.1. The summed E-state index contributed by atoms with van der Waals surface area (Å²) >= 11 is 0. The number of aromatic nitrogens is 1. The number of halogens is 1. The summed E-state index contributed by atoms with van der Waals surface area (Å²) in [5, 5.41) is 3.01. The molecule has 1 aliphatic rings. The average Bonchev–Trinajstić information content (AvgIpc) is 3.76. The molecule has 1 saturated carbocycles. The molecule has 1 aliphatic carbocycles. The van der Waals surface area contributed by atoms with E-state index in [9.17, 15) is 14.0 Å². The summed E-state index contributed by atoms with van der Waals surface area (Å²) in [6.07, 6.45) is 0.894. The number of anilines is 1. The number of hydrogen-bond donors (Lipinski definition) is 1. The first-order chi connectivity index (χ1) is 20.0. The van der Waals surface area contributed by atoms with Crippen molar-refractivity contribution in [2.45, 2.75) is 71.6 Å². The second kappa shape index (κ2) is 13.5. The lowest BCUT2D eigenvalue weighted by Gasteiger charge is -2.32. The van der Waals surface area contributed by atoms with Gasteiger partial charge < -0.3 is 19.7 Å². The first-order valence-corrected chi connectivity index (χ1v) is 14.6. The molecule has 4 atom stereocenters. The molecule has 2 aromatic carbocycles. The van der Waals surface area contributed by atoms with Gasteiger partial charge in [-0.05, 0) is 74.1 Å². The molecule has 224 valence electrons. The van der Waals surface area contributed by atoms with Crippen LogP contribution in [-0.4, -0.2) is 42.3 Å². The van der Waals surface area contributed by atoms with Gasteiger partial charge in [-0.3, -0.25) is 4.79 Å². The number of pyridine rings is 1. The van der Waals surface area contributed by atoms with Crippen molar-refractivity contribution in [2.24, 2.45) is 11.8 Å². The number of methoxy groups -OCH3 is 1. The fourth-order valence-corrected chi connectivity index (χ4v) is 5.05. The zero-order valence-corrected chi connectivity index (χ0v) is 25.4. The van der Waals surface area contributed by atoms with Gasteiger partial charge in [-0.25, -0.2) is 9.78 Å². The number of alkyl carbamates (subject to hydrolysis) is 1. The number of carbonyl (C=O) groups excluding carboxylic acids is 2. The Hall–Kier alpha value is -3.78. The number of benzene rings is 2. The van der Waals surface area contributed by atoms with E-state index in [1.165, 1.54) is 6.07 Å². The smallest absolute Gasteiger partial charge is 0.407 e.